The van der Waals surface area contributed by atoms with Gasteiger partial charge in [0.15, 0.2) is 0 Å². The van der Waals surface area contributed by atoms with Crippen molar-refractivity contribution in [2.24, 2.45) is 5.73 Å². The van der Waals surface area contributed by atoms with Gasteiger partial charge in [0.2, 0.25) is 5.95 Å². The summed E-state index contributed by atoms with van der Waals surface area (Å²) >= 11 is 0. The van der Waals surface area contributed by atoms with E-state index in [-0.39, 0.29) is 6.04 Å². The topological polar surface area (TPSA) is 67.1 Å². The van der Waals surface area contributed by atoms with Gasteiger partial charge in [0.1, 0.15) is 5.82 Å². The molecule has 0 amide bonds. The van der Waals surface area contributed by atoms with E-state index in [4.69, 9.17) is 5.73 Å². The molecule has 2 heterocycles. The molecule has 104 valence electrons. The van der Waals surface area contributed by atoms with Crippen LogP contribution in [0.1, 0.15) is 12.0 Å². The van der Waals surface area contributed by atoms with Crippen molar-refractivity contribution in [2.75, 3.05) is 23.3 Å². The zero-order valence-corrected chi connectivity index (χ0v) is 11.4. The number of rotatable bonds is 4. The van der Waals surface area contributed by atoms with Gasteiger partial charge in [-0.3, -0.25) is 0 Å². The fourth-order valence-corrected chi connectivity index (χ4v) is 2.38. The molecule has 0 saturated carbocycles. The van der Waals surface area contributed by atoms with Crippen LogP contribution in [-0.4, -0.2) is 29.1 Å². The molecule has 1 fully saturated rings. The van der Waals surface area contributed by atoms with Crippen molar-refractivity contribution >= 4 is 11.8 Å². The van der Waals surface area contributed by atoms with Gasteiger partial charge in [-0.1, -0.05) is 30.3 Å². The maximum atomic E-state index is 5.93. The van der Waals surface area contributed by atoms with Gasteiger partial charge in [0.25, 0.3) is 0 Å². The number of hydrogen-bond donors (Lipinski definition) is 2. The lowest BCUT2D eigenvalue weighted by atomic mass is 10.2. The van der Waals surface area contributed by atoms with Crippen molar-refractivity contribution in [3.63, 3.8) is 0 Å². The normalized spacial score (nSPS) is 18.2. The highest BCUT2D eigenvalue weighted by molar-refractivity contribution is 5.44. The van der Waals surface area contributed by atoms with Crippen molar-refractivity contribution in [1.29, 1.82) is 0 Å². The summed E-state index contributed by atoms with van der Waals surface area (Å²) < 4.78 is 0. The van der Waals surface area contributed by atoms with Crippen LogP contribution >= 0.6 is 0 Å². The van der Waals surface area contributed by atoms with Crippen LogP contribution in [0.4, 0.5) is 11.8 Å². The Labute approximate surface area is 118 Å². The summed E-state index contributed by atoms with van der Waals surface area (Å²) in [5, 5.41) is 3.26. The molecular formula is C15H19N5. The van der Waals surface area contributed by atoms with Crippen LogP contribution in [0, 0.1) is 0 Å². The Morgan fingerprint density at radius 1 is 1.25 bits per heavy atom. The summed E-state index contributed by atoms with van der Waals surface area (Å²) in [4.78, 5) is 11.0. The second kappa shape index (κ2) is 5.88. The molecule has 1 atom stereocenters. The maximum absolute atomic E-state index is 5.93. The summed E-state index contributed by atoms with van der Waals surface area (Å²) in [7, 11) is 0. The standard InChI is InChI=1S/C15H19N5/c16-13-7-9-20(11-13)14-6-8-17-15(19-14)18-10-12-4-2-1-3-5-12/h1-6,8,13H,7,9-11,16H2,(H,17,18,19). The molecule has 3 N–H and O–H groups in total. The number of benzene rings is 1. The number of aromatic nitrogens is 2. The molecular weight excluding hydrogens is 250 g/mol. The first kappa shape index (κ1) is 12.9. The van der Waals surface area contributed by atoms with Gasteiger partial charge in [-0.15, -0.1) is 0 Å². The van der Waals surface area contributed by atoms with E-state index in [1.807, 2.05) is 24.3 Å². The van der Waals surface area contributed by atoms with Gasteiger partial charge < -0.3 is 16.0 Å². The van der Waals surface area contributed by atoms with Gasteiger partial charge >= 0.3 is 0 Å². The zero-order valence-electron chi connectivity index (χ0n) is 11.4. The molecule has 0 spiro atoms. The molecule has 0 bridgehead atoms. The first-order valence-corrected chi connectivity index (χ1v) is 6.92. The summed E-state index contributed by atoms with van der Waals surface area (Å²) in [6, 6.07) is 12.4. The van der Waals surface area contributed by atoms with E-state index in [2.05, 4.69) is 32.3 Å². The molecule has 0 aliphatic carbocycles. The Bertz CT molecular complexity index is 557. The smallest absolute Gasteiger partial charge is 0.224 e. The third kappa shape index (κ3) is 3.05. The number of nitrogens with one attached hydrogen (secondary N) is 1. The predicted octanol–water partition coefficient (Wildman–Crippen LogP) is 1.63. The fraction of sp³-hybridized carbons (Fsp3) is 0.333. The van der Waals surface area contributed by atoms with Crippen LogP contribution in [0.15, 0.2) is 42.6 Å². The molecule has 1 saturated heterocycles. The van der Waals surface area contributed by atoms with Crippen LogP contribution in [0.5, 0.6) is 0 Å². The Hall–Kier alpha value is -2.14. The van der Waals surface area contributed by atoms with Crippen molar-refractivity contribution in [2.45, 2.75) is 19.0 Å². The van der Waals surface area contributed by atoms with Gasteiger partial charge in [-0.05, 0) is 18.1 Å². The number of nitrogens with zero attached hydrogens (tertiary/aromatic N) is 3. The zero-order chi connectivity index (χ0) is 13.8. The largest absolute Gasteiger partial charge is 0.355 e. The predicted molar refractivity (Wildman–Crippen MR) is 80.6 cm³/mol. The second-order valence-electron chi connectivity index (χ2n) is 5.07. The van der Waals surface area contributed by atoms with Gasteiger partial charge in [-0.2, -0.15) is 4.98 Å². The van der Waals surface area contributed by atoms with Gasteiger partial charge in [0, 0.05) is 31.9 Å². The van der Waals surface area contributed by atoms with E-state index in [0.717, 1.165) is 31.9 Å². The van der Waals surface area contributed by atoms with Gasteiger partial charge in [0.05, 0.1) is 0 Å². The van der Waals surface area contributed by atoms with E-state index in [1.165, 1.54) is 5.56 Å². The van der Waals surface area contributed by atoms with Crippen molar-refractivity contribution < 1.29 is 0 Å². The third-order valence-electron chi connectivity index (χ3n) is 3.48. The molecule has 1 aromatic carbocycles. The van der Waals surface area contributed by atoms with Crippen LogP contribution in [0.3, 0.4) is 0 Å². The molecule has 1 aliphatic rings. The van der Waals surface area contributed by atoms with Crippen molar-refractivity contribution in [3.8, 4) is 0 Å². The molecule has 20 heavy (non-hydrogen) atoms. The molecule has 0 radical (unpaired) electrons. The van der Waals surface area contributed by atoms with Gasteiger partial charge in [-0.25, -0.2) is 4.98 Å². The summed E-state index contributed by atoms with van der Waals surface area (Å²) in [5.74, 6) is 1.61. The Balaban J connectivity index is 1.65. The fourth-order valence-electron chi connectivity index (χ4n) is 2.38. The first-order chi connectivity index (χ1) is 9.81. The van der Waals surface area contributed by atoms with E-state index < -0.39 is 0 Å². The monoisotopic (exact) mass is 269 g/mol. The SMILES string of the molecule is NC1CCN(c2ccnc(NCc3ccccc3)n2)C1. The van der Waals surface area contributed by atoms with E-state index >= 15 is 0 Å². The lowest BCUT2D eigenvalue weighted by molar-refractivity contribution is 0.751. The lowest BCUT2D eigenvalue weighted by Gasteiger charge is -2.17. The summed E-state index contributed by atoms with van der Waals surface area (Å²) in [6.07, 6.45) is 2.82. The Kier molecular flexibility index (Phi) is 3.78. The molecule has 1 aromatic heterocycles. The van der Waals surface area contributed by atoms with Crippen molar-refractivity contribution in [3.05, 3.63) is 48.2 Å². The second-order valence-corrected chi connectivity index (χ2v) is 5.07. The summed E-state index contributed by atoms with van der Waals surface area (Å²) in [6.45, 7) is 2.56. The van der Waals surface area contributed by atoms with Crippen LogP contribution in [0.25, 0.3) is 0 Å². The number of anilines is 2. The molecule has 1 unspecified atom stereocenters. The highest BCUT2D eigenvalue weighted by Crippen LogP contribution is 2.18. The quantitative estimate of drug-likeness (QED) is 0.883. The average Bonchev–Trinajstić information content (AvgIpc) is 2.93. The molecule has 1 aliphatic heterocycles. The molecule has 5 nitrogen and oxygen atoms in total. The minimum absolute atomic E-state index is 0.255. The lowest BCUT2D eigenvalue weighted by Crippen LogP contribution is -2.27. The first-order valence-electron chi connectivity index (χ1n) is 6.92. The van der Waals surface area contributed by atoms with Crippen LogP contribution < -0.4 is 16.0 Å². The average molecular weight is 269 g/mol. The third-order valence-corrected chi connectivity index (χ3v) is 3.48. The Morgan fingerprint density at radius 2 is 2.10 bits per heavy atom. The van der Waals surface area contributed by atoms with Crippen LogP contribution in [0.2, 0.25) is 0 Å². The van der Waals surface area contributed by atoms with Crippen molar-refractivity contribution in [1.82, 2.24) is 9.97 Å². The number of hydrogen-bond acceptors (Lipinski definition) is 5. The minimum Gasteiger partial charge on any atom is -0.355 e. The number of nitrogens with two attached hydrogens (primary N) is 1. The van der Waals surface area contributed by atoms with E-state index in [0.29, 0.717) is 5.95 Å². The van der Waals surface area contributed by atoms with E-state index in [1.54, 1.807) is 6.20 Å². The van der Waals surface area contributed by atoms with Crippen LogP contribution in [-0.2, 0) is 6.54 Å². The molecule has 3 rings (SSSR count). The Morgan fingerprint density at radius 3 is 2.85 bits per heavy atom. The highest BCUT2D eigenvalue weighted by atomic mass is 15.2. The highest BCUT2D eigenvalue weighted by Gasteiger charge is 2.20. The maximum Gasteiger partial charge on any atom is 0.224 e. The minimum atomic E-state index is 0.255. The van der Waals surface area contributed by atoms with E-state index in [9.17, 15) is 0 Å². The summed E-state index contributed by atoms with van der Waals surface area (Å²) in [5.41, 5.74) is 7.15. The molecule has 2 aromatic rings. The molecule has 5 heteroatoms.